The van der Waals surface area contributed by atoms with Crippen LogP contribution >= 0.6 is 0 Å². The summed E-state index contributed by atoms with van der Waals surface area (Å²) in [4.78, 5) is 0. The molecule has 11 atom stereocenters. The summed E-state index contributed by atoms with van der Waals surface area (Å²) in [7, 11) is 1.35. The smallest absolute Gasteiger partial charge is 0.188 e. The zero-order valence-corrected chi connectivity index (χ0v) is 18.6. The van der Waals surface area contributed by atoms with Crippen LogP contribution in [0, 0.1) is 11.3 Å². The average Bonchev–Trinajstić information content (AvgIpc) is 2.85. The Balaban J connectivity index is 1.68. The second-order valence-electron chi connectivity index (χ2n) is 8.12. The quantitative estimate of drug-likeness (QED) is 0.173. The van der Waals surface area contributed by atoms with E-state index in [9.17, 15) is 46.1 Å². The maximum Gasteiger partial charge on any atom is 0.188 e. The SMILES string of the molecule is COc1ccc(C(C#N)OC2OC(COC3OC(CO)C(O)C(O)C3O)C(O)C(O)C2O)cc1O. The normalized spacial score (nSPS) is 38.5. The average molecular weight is 503 g/mol. The van der Waals surface area contributed by atoms with E-state index < -0.39 is 80.7 Å². The molecular weight excluding hydrogens is 474 g/mol. The van der Waals surface area contributed by atoms with Crippen LogP contribution in [0.15, 0.2) is 18.2 Å². The largest absolute Gasteiger partial charge is 0.504 e. The Kier molecular flexibility index (Phi) is 9.21. The van der Waals surface area contributed by atoms with E-state index >= 15 is 0 Å². The van der Waals surface area contributed by atoms with Gasteiger partial charge in [-0.3, -0.25) is 0 Å². The lowest BCUT2D eigenvalue weighted by molar-refractivity contribution is -0.334. The second kappa shape index (κ2) is 11.7. The van der Waals surface area contributed by atoms with Crippen molar-refractivity contribution >= 4 is 0 Å². The molecular formula is C21H29NO13. The van der Waals surface area contributed by atoms with Gasteiger partial charge in [-0.05, 0) is 17.7 Å². The van der Waals surface area contributed by atoms with Gasteiger partial charge in [0.2, 0.25) is 0 Å². The number of hydrogen-bond acceptors (Lipinski definition) is 14. The van der Waals surface area contributed by atoms with Gasteiger partial charge in [0.05, 0.1) is 26.4 Å². The van der Waals surface area contributed by atoms with Crippen molar-refractivity contribution < 1.29 is 64.5 Å². The summed E-state index contributed by atoms with van der Waals surface area (Å²) in [6.45, 7) is -1.22. The summed E-state index contributed by atoms with van der Waals surface area (Å²) in [6.07, 6.45) is -17.3. The van der Waals surface area contributed by atoms with Crippen LogP contribution < -0.4 is 4.74 Å². The molecule has 14 nitrogen and oxygen atoms in total. The predicted molar refractivity (Wildman–Crippen MR) is 110 cm³/mol. The fourth-order valence-corrected chi connectivity index (χ4v) is 3.75. The third kappa shape index (κ3) is 5.82. The molecule has 35 heavy (non-hydrogen) atoms. The number of phenolic OH excluding ortho intramolecular Hbond substituents is 1. The third-order valence-corrected chi connectivity index (χ3v) is 5.83. The van der Waals surface area contributed by atoms with Gasteiger partial charge in [-0.2, -0.15) is 5.26 Å². The van der Waals surface area contributed by atoms with Crippen LogP contribution in [0.3, 0.4) is 0 Å². The highest BCUT2D eigenvalue weighted by molar-refractivity contribution is 5.43. The first kappa shape index (κ1) is 27.5. The number of rotatable bonds is 8. The van der Waals surface area contributed by atoms with E-state index in [4.69, 9.17) is 23.7 Å². The van der Waals surface area contributed by atoms with Crippen molar-refractivity contribution in [2.24, 2.45) is 0 Å². The van der Waals surface area contributed by atoms with Crippen molar-refractivity contribution in [3.8, 4) is 17.6 Å². The number of phenols is 1. The van der Waals surface area contributed by atoms with E-state index in [2.05, 4.69) is 0 Å². The number of aliphatic hydroxyl groups excluding tert-OH is 7. The Morgan fingerprint density at radius 2 is 1.51 bits per heavy atom. The Bertz CT molecular complexity index is 879. The van der Waals surface area contributed by atoms with Crippen LogP contribution in [0.5, 0.6) is 11.5 Å². The number of nitrogens with zero attached hydrogens (tertiary/aromatic N) is 1. The summed E-state index contributed by atoms with van der Waals surface area (Å²) in [5.41, 5.74) is 0.191. The summed E-state index contributed by atoms with van der Waals surface area (Å²) < 4.78 is 26.5. The lowest BCUT2D eigenvalue weighted by atomic mass is 9.98. The van der Waals surface area contributed by atoms with Gasteiger partial charge in [0.15, 0.2) is 30.2 Å². The van der Waals surface area contributed by atoms with Gasteiger partial charge in [-0.1, -0.05) is 6.07 Å². The van der Waals surface area contributed by atoms with E-state index in [1.807, 2.05) is 6.07 Å². The maximum atomic E-state index is 10.3. The number of benzene rings is 1. The monoisotopic (exact) mass is 503 g/mol. The first-order chi connectivity index (χ1) is 16.6. The first-order valence-electron chi connectivity index (χ1n) is 10.7. The molecule has 2 aliphatic rings. The molecule has 2 heterocycles. The number of methoxy groups -OCH3 is 1. The summed E-state index contributed by atoms with van der Waals surface area (Å²) in [5, 5.41) is 89.4. The highest BCUT2D eigenvalue weighted by Crippen LogP contribution is 2.33. The Morgan fingerprint density at radius 1 is 0.914 bits per heavy atom. The summed E-state index contributed by atoms with van der Waals surface area (Å²) in [5.74, 6) is -0.108. The molecule has 0 aliphatic carbocycles. The molecule has 2 fully saturated rings. The van der Waals surface area contributed by atoms with Gasteiger partial charge in [-0.25, -0.2) is 0 Å². The summed E-state index contributed by atoms with van der Waals surface area (Å²) in [6, 6.07) is 5.88. The zero-order chi connectivity index (χ0) is 25.9. The predicted octanol–water partition coefficient (Wildman–Crippen LogP) is -3.39. The first-order valence-corrected chi connectivity index (χ1v) is 10.7. The highest BCUT2D eigenvalue weighted by Gasteiger charge is 2.48. The lowest BCUT2D eigenvalue weighted by Gasteiger charge is -2.43. The number of nitriles is 1. The molecule has 3 rings (SSSR count). The van der Waals surface area contributed by atoms with Crippen LogP contribution in [0.1, 0.15) is 11.7 Å². The minimum atomic E-state index is -1.78. The molecule has 2 saturated heterocycles. The second-order valence-corrected chi connectivity index (χ2v) is 8.12. The molecule has 2 aliphatic heterocycles. The molecule has 1 aromatic rings. The summed E-state index contributed by atoms with van der Waals surface area (Å²) >= 11 is 0. The number of ether oxygens (including phenoxy) is 5. The van der Waals surface area contributed by atoms with E-state index in [0.29, 0.717) is 0 Å². The Hall–Kier alpha value is -2.13. The maximum absolute atomic E-state index is 10.3. The van der Waals surface area contributed by atoms with Gasteiger partial charge >= 0.3 is 0 Å². The number of hydrogen-bond donors (Lipinski definition) is 8. The van der Waals surface area contributed by atoms with Gasteiger partial charge in [0, 0.05) is 0 Å². The minimum Gasteiger partial charge on any atom is -0.504 e. The minimum absolute atomic E-state index is 0.156. The van der Waals surface area contributed by atoms with Crippen LogP contribution in [-0.4, -0.2) is 123 Å². The third-order valence-electron chi connectivity index (χ3n) is 5.83. The van der Waals surface area contributed by atoms with Gasteiger partial charge in [0.1, 0.15) is 48.8 Å². The molecule has 1 aromatic carbocycles. The molecule has 0 spiro atoms. The molecule has 11 unspecified atom stereocenters. The van der Waals surface area contributed by atoms with E-state index in [-0.39, 0.29) is 17.1 Å². The van der Waals surface area contributed by atoms with Gasteiger partial charge < -0.3 is 64.5 Å². The van der Waals surface area contributed by atoms with Gasteiger partial charge in [-0.15, -0.1) is 0 Å². The van der Waals surface area contributed by atoms with Crippen molar-refractivity contribution in [2.75, 3.05) is 20.3 Å². The van der Waals surface area contributed by atoms with E-state index in [1.54, 1.807) is 0 Å². The van der Waals surface area contributed by atoms with Crippen molar-refractivity contribution in [3.05, 3.63) is 23.8 Å². The molecule has 196 valence electrons. The van der Waals surface area contributed by atoms with Crippen LogP contribution in [0.25, 0.3) is 0 Å². The standard InChI is InChI=1S/C21H29NO13/c1-31-10-3-2-8(4-9(10)24)11(5-22)33-21-19(30)17(28)15(26)13(35-21)7-32-20-18(29)16(27)14(25)12(6-23)34-20/h2-4,11-21,23-30H,6-7H2,1H3. The highest BCUT2D eigenvalue weighted by atomic mass is 16.7. The number of aromatic hydroxyl groups is 1. The van der Waals surface area contributed by atoms with E-state index in [1.165, 1.54) is 25.3 Å². The topological polar surface area (TPSA) is 232 Å². The molecule has 0 radical (unpaired) electrons. The van der Waals surface area contributed by atoms with Crippen LogP contribution in [0.2, 0.25) is 0 Å². The Morgan fingerprint density at radius 3 is 2.09 bits per heavy atom. The van der Waals surface area contributed by atoms with Crippen molar-refractivity contribution in [2.45, 2.75) is 67.5 Å². The fourth-order valence-electron chi connectivity index (χ4n) is 3.75. The van der Waals surface area contributed by atoms with Crippen LogP contribution in [0.4, 0.5) is 0 Å². The molecule has 0 aromatic heterocycles. The van der Waals surface area contributed by atoms with Crippen molar-refractivity contribution in [1.82, 2.24) is 0 Å². The molecule has 0 amide bonds. The van der Waals surface area contributed by atoms with Crippen LogP contribution in [-0.2, 0) is 18.9 Å². The zero-order valence-electron chi connectivity index (χ0n) is 18.6. The fraction of sp³-hybridized carbons (Fsp3) is 0.667. The Labute approximate surface area is 199 Å². The van der Waals surface area contributed by atoms with Gasteiger partial charge in [0.25, 0.3) is 0 Å². The molecule has 0 bridgehead atoms. The molecule has 0 saturated carbocycles. The van der Waals surface area contributed by atoms with Crippen molar-refractivity contribution in [1.29, 1.82) is 5.26 Å². The molecule has 8 N–H and O–H groups in total. The molecule has 14 heteroatoms. The van der Waals surface area contributed by atoms with Crippen molar-refractivity contribution in [3.63, 3.8) is 0 Å². The number of aliphatic hydroxyl groups is 7. The van der Waals surface area contributed by atoms with E-state index in [0.717, 1.165) is 0 Å². The lowest BCUT2D eigenvalue weighted by Crippen LogP contribution is -2.61.